The second kappa shape index (κ2) is 6.37. The lowest BCUT2D eigenvalue weighted by molar-refractivity contribution is -0.0102. The largest absolute Gasteiger partial charge is 0.378 e. The number of primary amides is 1. The zero-order chi connectivity index (χ0) is 13.8. The van der Waals surface area contributed by atoms with E-state index in [1.807, 2.05) is 13.0 Å². The van der Waals surface area contributed by atoms with Gasteiger partial charge in [0.2, 0.25) is 5.91 Å². The molecule has 1 aromatic rings. The Balaban J connectivity index is 1.82. The molecule has 0 aromatic heterocycles. The van der Waals surface area contributed by atoms with Crippen LogP contribution >= 0.6 is 11.6 Å². The van der Waals surface area contributed by atoms with Gasteiger partial charge in [0.05, 0.1) is 6.10 Å². The van der Waals surface area contributed by atoms with Crippen molar-refractivity contribution in [1.29, 1.82) is 0 Å². The summed E-state index contributed by atoms with van der Waals surface area (Å²) in [6.07, 6.45) is 2.49. The SMILES string of the molecule is CCOC1CC(NCc2ccc(C(N)=O)cc2Cl)C1. The Morgan fingerprint density at radius 1 is 1.53 bits per heavy atom. The van der Waals surface area contributed by atoms with Crippen LogP contribution < -0.4 is 11.1 Å². The van der Waals surface area contributed by atoms with Crippen LogP contribution in [0.1, 0.15) is 35.7 Å². The summed E-state index contributed by atoms with van der Waals surface area (Å²) < 4.78 is 5.51. The van der Waals surface area contributed by atoms with E-state index in [0.717, 1.165) is 25.0 Å². The third kappa shape index (κ3) is 3.69. The van der Waals surface area contributed by atoms with Crippen LogP contribution in [0.2, 0.25) is 5.02 Å². The van der Waals surface area contributed by atoms with Gasteiger partial charge in [-0.25, -0.2) is 0 Å². The number of halogens is 1. The van der Waals surface area contributed by atoms with E-state index in [9.17, 15) is 4.79 Å². The molecule has 0 bridgehead atoms. The Bertz CT molecular complexity index is 459. The Morgan fingerprint density at radius 2 is 2.26 bits per heavy atom. The van der Waals surface area contributed by atoms with E-state index >= 15 is 0 Å². The van der Waals surface area contributed by atoms with Crippen LogP contribution in [-0.2, 0) is 11.3 Å². The average molecular weight is 283 g/mol. The maximum Gasteiger partial charge on any atom is 0.248 e. The van der Waals surface area contributed by atoms with Crippen LogP contribution in [0.3, 0.4) is 0 Å². The number of carbonyl (C=O) groups is 1. The van der Waals surface area contributed by atoms with Crippen molar-refractivity contribution >= 4 is 17.5 Å². The van der Waals surface area contributed by atoms with Gasteiger partial charge in [-0.15, -0.1) is 0 Å². The number of amides is 1. The highest BCUT2D eigenvalue weighted by Crippen LogP contribution is 2.24. The Labute approximate surface area is 118 Å². The van der Waals surface area contributed by atoms with Crippen molar-refractivity contribution in [3.8, 4) is 0 Å². The highest BCUT2D eigenvalue weighted by molar-refractivity contribution is 6.31. The van der Waals surface area contributed by atoms with Gasteiger partial charge in [0, 0.05) is 29.8 Å². The molecule has 19 heavy (non-hydrogen) atoms. The number of hydrogen-bond donors (Lipinski definition) is 2. The van der Waals surface area contributed by atoms with E-state index in [-0.39, 0.29) is 0 Å². The van der Waals surface area contributed by atoms with E-state index in [1.165, 1.54) is 0 Å². The number of rotatable bonds is 6. The van der Waals surface area contributed by atoms with Gasteiger partial charge in [-0.2, -0.15) is 0 Å². The fourth-order valence-corrected chi connectivity index (χ4v) is 2.45. The van der Waals surface area contributed by atoms with Crippen LogP contribution in [-0.4, -0.2) is 24.7 Å². The van der Waals surface area contributed by atoms with Crippen LogP contribution in [0.4, 0.5) is 0 Å². The summed E-state index contributed by atoms with van der Waals surface area (Å²) in [5.74, 6) is -0.458. The van der Waals surface area contributed by atoms with E-state index < -0.39 is 5.91 Å². The second-order valence-corrected chi connectivity index (χ2v) is 5.20. The first-order valence-electron chi connectivity index (χ1n) is 6.53. The molecule has 0 aliphatic heterocycles. The molecule has 4 nitrogen and oxygen atoms in total. The minimum atomic E-state index is -0.458. The molecule has 1 aromatic carbocycles. The molecule has 1 amide bonds. The van der Waals surface area contributed by atoms with Gasteiger partial charge in [0.15, 0.2) is 0 Å². The summed E-state index contributed by atoms with van der Waals surface area (Å²) >= 11 is 6.12. The molecule has 0 atom stereocenters. The standard InChI is InChI=1S/C14H19ClN2O2/c1-2-19-12-6-11(7-12)17-8-10-4-3-9(14(16)18)5-13(10)15/h3-5,11-12,17H,2,6-8H2,1H3,(H2,16,18). The normalized spacial score (nSPS) is 22.0. The zero-order valence-electron chi connectivity index (χ0n) is 11.0. The third-order valence-electron chi connectivity index (χ3n) is 3.42. The van der Waals surface area contributed by atoms with Gasteiger partial charge < -0.3 is 15.8 Å². The smallest absolute Gasteiger partial charge is 0.248 e. The fourth-order valence-electron chi connectivity index (χ4n) is 2.20. The molecule has 2 rings (SSSR count). The monoisotopic (exact) mass is 282 g/mol. The molecular formula is C14H19ClN2O2. The summed E-state index contributed by atoms with van der Waals surface area (Å²) in [5.41, 5.74) is 6.62. The lowest BCUT2D eigenvalue weighted by Crippen LogP contribution is -2.45. The number of carbonyl (C=O) groups excluding carboxylic acids is 1. The van der Waals surface area contributed by atoms with Crippen LogP contribution in [0.25, 0.3) is 0 Å². The van der Waals surface area contributed by atoms with Crippen molar-refractivity contribution in [2.24, 2.45) is 5.73 Å². The molecule has 0 radical (unpaired) electrons. The molecule has 1 saturated carbocycles. The topological polar surface area (TPSA) is 64.3 Å². The summed E-state index contributed by atoms with van der Waals surface area (Å²) in [6, 6.07) is 5.65. The summed E-state index contributed by atoms with van der Waals surface area (Å²) in [4.78, 5) is 11.0. The first kappa shape index (κ1) is 14.3. The van der Waals surface area contributed by atoms with Gasteiger partial charge in [-0.1, -0.05) is 17.7 Å². The number of nitrogens with one attached hydrogen (secondary N) is 1. The molecule has 0 spiro atoms. The maximum atomic E-state index is 11.0. The molecule has 1 aliphatic rings. The summed E-state index contributed by atoms with van der Waals surface area (Å²) in [7, 11) is 0. The van der Waals surface area contributed by atoms with Crippen LogP contribution in [0.5, 0.6) is 0 Å². The van der Waals surface area contributed by atoms with Gasteiger partial charge in [0.1, 0.15) is 0 Å². The molecule has 0 heterocycles. The van der Waals surface area contributed by atoms with Crippen molar-refractivity contribution in [3.05, 3.63) is 34.3 Å². The number of ether oxygens (including phenoxy) is 1. The fraction of sp³-hybridized carbons (Fsp3) is 0.500. The number of hydrogen-bond acceptors (Lipinski definition) is 3. The molecule has 0 unspecified atom stereocenters. The molecule has 1 aliphatic carbocycles. The highest BCUT2D eigenvalue weighted by Gasteiger charge is 2.28. The summed E-state index contributed by atoms with van der Waals surface area (Å²) in [5, 5.41) is 4.01. The molecule has 104 valence electrons. The average Bonchev–Trinajstić information content (AvgIpc) is 2.33. The van der Waals surface area contributed by atoms with Crippen molar-refractivity contribution in [2.75, 3.05) is 6.61 Å². The van der Waals surface area contributed by atoms with E-state index in [0.29, 0.717) is 29.3 Å². The predicted molar refractivity (Wildman–Crippen MR) is 75.2 cm³/mol. The van der Waals surface area contributed by atoms with Gasteiger partial charge >= 0.3 is 0 Å². The number of benzene rings is 1. The van der Waals surface area contributed by atoms with Crippen molar-refractivity contribution < 1.29 is 9.53 Å². The molecular weight excluding hydrogens is 264 g/mol. The van der Waals surface area contributed by atoms with E-state index in [1.54, 1.807) is 12.1 Å². The highest BCUT2D eigenvalue weighted by atomic mass is 35.5. The Kier molecular flexibility index (Phi) is 4.80. The Morgan fingerprint density at radius 3 is 2.84 bits per heavy atom. The van der Waals surface area contributed by atoms with Gasteiger partial charge in [0.25, 0.3) is 0 Å². The Hall–Kier alpha value is -1.10. The first-order chi connectivity index (χ1) is 9.10. The summed E-state index contributed by atoms with van der Waals surface area (Å²) in [6.45, 7) is 3.49. The predicted octanol–water partition coefficient (Wildman–Crippen LogP) is 2.10. The van der Waals surface area contributed by atoms with Crippen LogP contribution in [0.15, 0.2) is 18.2 Å². The van der Waals surface area contributed by atoms with Crippen LogP contribution in [0, 0.1) is 0 Å². The van der Waals surface area contributed by atoms with Crippen molar-refractivity contribution in [3.63, 3.8) is 0 Å². The van der Waals surface area contributed by atoms with Crippen molar-refractivity contribution in [2.45, 2.75) is 38.5 Å². The van der Waals surface area contributed by atoms with Gasteiger partial charge in [-0.3, -0.25) is 4.79 Å². The molecule has 0 saturated heterocycles. The minimum absolute atomic E-state index is 0.398. The van der Waals surface area contributed by atoms with E-state index in [2.05, 4.69) is 5.32 Å². The quantitative estimate of drug-likeness (QED) is 0.840. The maximum absolute atomic E-state index is 11.0. The first-order valence-corrected chi connectivity index (χ1v) is 6.91. The zero-order valence-corrected chi connectivity index (χ0v) is 11.7. The molecule has 3 N–H and O–H groups in total. The lowest BCUT2D eigenvalue weighted by Gasteiger charge is -2.35. The number of nitrogens with two attached hydrogens (primary N) is 1. The molecule has 5 heteroatoms. The third-order valence-corrected chi connectivity index (χ3v) is 3.77. The lowest BCUT2D eigenvalue weighted by atomic mass is 9.89. The van der Waals surface area contributed by atoms with Crippen molar-refractivity contribution in [1.82, 2.24) is 5.32 Å². The molecule has 1 fully saturated rings. The second-order valence-electron chi connectivity index (χ2n) is 4.80. The minimum Gasteiger partial charge on any atom is -0.378 e. The van der Waals surface area contributed by atoms with Gasteiger partial charge in [-0.05, 0) is 37.5 Å². The van der Waals surface area contributed by atoms with E-state index in [4.69, 9.17) is 22.1 Å².